The van der Waals surface area contributed by atoms with Gasteiger partial charge in [0.2, 0.25) is 11.8 Å². The van der Waals surface area contributed by atoms with E-state index < -0.39 is 28.5 Å². The normalized spacial score (nSPS) is 12.0. The van der Waals surface area contributed by atoms with E-state index in [0.29, 0.717) is 18.0 Å². The van der Waals surface area contributed by atoms with Gasteiger partial charge in [0.15, 0.2) is 0 Å². The van der Waals surface area contributed by atoms with Crippen molar-refractivity contribution in [1.29, 1.82) is 0 Å². The first-order chi connectivity index (χ1) is 19.1. The minimum absolute atomic E-state index is 0.00315. The highest BCUT2D eigenvalue weighted by atomic mass is 35.5. The number of halogens is 2. The summed E-state index contributed by atoms with van der Waals surface area (Å²) in [5, 5.41) is 3.33. The quantitative estimate of drug-likeness (QED) is 0.235. The highest BCUT2D eigenvalue weighted by Gasteiger charge is 2.34. The van der Waals surface area contributed by atoms with Gasteiger partial charge in [-0.15, -0.1) is 0 Å². The average Bonchev–Trinajstić information content (AvgIpc) is 2.92. The van der Waals surface area contributed by atoms with Crippen molar-refractivity contribution in [2.24, 2.45) is 0 Å². The second-order valence-electron chi connectivity index (χ2n) is 9.50. The first kappa shape index (κ1) is 31.5. The topological polar surface area (TPSA) is 86.8 Å². The Bertz CT molecular complexity index is 1420. The standard InChI is InChI=1S/C30H35Cl2N3O4S/c1-4-6-17-33-30(37)27(5-2)34(20-23-12-10-11-22(3)18-23)29(36)21-35(28-16-15-24(31)19-26(28)32)40(38,39)25-13-8-7-9-14-25/h7-16,18-19,27H,4-6,17,20-21H2,1-3H3,(H,33,37)/t27-/m1/s1. The van der Waals surface area contributed by atoms with Crippen molar-refractivity contribution in [3.8, 4) is 0 Å². The van der Waals surface area contributed by atoms with Crippen molar-refractivity contribution in [2.45, 2.75) is 57.5 Å². The van der Waals surface area contributed by atoms with Crippen LogP contribution in [-0.4, -0.2) is 44.3 Å². The molecule has 0 aliphatic carbocycles. The Balaban J connectivity index is 2.06. The smallest absolute Gasteiger partial charge is 0.264 e. The summed E-state index contributed by atoms with van der Waals surface area (Å²) in [7, 11) is -4.21. The van der Waals surface area contributed by atoms with Gasteiger partial charge in [0.25, 0.3) is 10.0 Å². The van der Waals surface area contributed by atoms with Crippen LogP contribution in [-0.2, 0) is 26.2 Å². The maximum atomic E-state index is 14.1. The minimum Gasteiger partial charge on any atom is -0.354 e. The lowest BCUT2D eigenvalue weighted by Gasteiger charge is -2.33. The lowest BCUT2D eigenvalue weighted by atomic mass is 10.1. The fourth-order valence-corrected chi connectivity index (χ4v) is 6.36. The lowest BCUT2D eigenvalue weighted by molar-refractivity contribution is -0.140. The van der Waals surface area contributed by atoms with Crippen LogP contribution in [0, 0.1) is 6.92 Å². The Hall–Kier alpha value is -3.07. The molecule has 0 saturated carbocycles. The minimum atomic E-state index is -4.21. The van der Waals surface area contributed by atoms with Crippen LogP contribution >= 0.6 is 23.2 Å². The summed E-state index contributed by atoms with van der Waals surface area (Å²) in [6.07, 6.45) is 2.08. The second-order valence-corrected chi connectivity index (χ2v) is 12.2. The maximum absolute atomic E-state index is 14.1. The zero-order valence-corrected chi connectivity index (χ0v) is 25.3. The molecule has 0 saturated heterocycles. The van der Waals surface area contributed by atoms with Crippen LogP contribution in [0.1, 0.15) is 44.2 Å². The van der Waals surface area contributed by atoms with Gasteiger partial charge in [-0.1, -0.05) is 91.5 Å². The van der Waals surface area contributed by atoms with Crippen LogP contribution in [0.25, 0.3) is 0 Å². The van der Waals surface area contributed by atoms with Gasteiger partial charge in [0.05, 0.1) is 15.6 Å². The fraction of sp³-hybridized carbons (Fsp3) is 0.333. The van der Waals surface area contributed by atoms with Crippen molar-refractivity contribution in [3.63, 3.8) is 0 Å². The summed E-state index contributed by atoms with van der Waals surface area (Å²) in [5.41, 5.74) is 1.95. The molecule has 7 nitrogen and oxygen atoms in total. The summed E-state index contributed by atoms with van der Waals surface area (Å²) in [6, 6.07) is 19.1. The monoisotopic (exact) mass is 603 g/mol. The van der Waals surface area contributed by atoms with Gasteiger partial charge in [0, 0.05) is 18.1 Å². The molecule has 0 spiro atoms. The van der Waals surface area contributed by atoms with E-state index in [1.807, 2.05) is 45.0 Å². The SMILES string of the molecule is CCCCNC(=O)[C@@H](CC)N(Cc1cccc(C)c1)C(=O)CN(c1ccc(Cl)cc1Cl)S(=O)(=O)c1ccccc1. The zero-order chi connectivity index (χ0) is 29.3. The van der Waals surface area contributed by atoms with E-state index in [1.54, 1.807) is 18.2 Å². The summed E-state index contributed by atoms with van der Waals surface area (Å²) in [6.45, 7) is 5.86. The number of carbonyl (C=O) groups is 2. The molecule has 0 heterocycles. The fourth-order valence-electron chi connectivity index (χ4n) is 4.35. The molecule has 1 atom stereocenters. The predicted octanol–water partition coefficient (Wildman–Crippen LogP) is 6.22. The molecule has 3 aromatic carbocycles. The first-order valence-electron chi connectivity index (χ1n) is 13.2. The molecule has 3 aromatic rings. The molecule has 0 aliphatic heterocycles. The molecule has 0 unspecified atom stereocenters. The second kappa shape index (κ2) is 14.5. The van der Waals surface area contributed by atoms with Crippen molar-refractivity contribution >= 4 is 50.7 Å². The van der Waals surface area contributed by atoms with Crippen molar-refractivity contribution in [1.82, 2.24) is 10.2 Å². The largest absolute Gasteiger partial charge is 0.354 e. The van der Waals surface area contributed by atoms with Crippen LogP contribution < -0.4 is 9.62 Å². The van der Waals surface area contributed by atoms with Gasteiger partial charge in [0.1, 0.15) is 12.6 Å². The molecular formula is C30H35Cl2N3O4S. The third-order valence-corrected chi connectivity index (χ3v) is 8.75. The molecule has 2 amide bonds. The summed E-state index contributed by atoms with van der Waals surface area (Å²) >= 11 is 12.5. The molecule has 0 fully saturated rings. The maximum Gasteiger partial charge on any atom is 0.264 e. The van der Waals surface area contributed by atoms with E-state index in [0.717, 1.165) is 28.3 Å². The van der Waals surface area contributed by atoms with Gasteiger partial charge >= 0.3 is 0 Å². The molecular weight excluding hydrogens is 569 g/mol. The third-order valence-electron chi connectivity index (χ3n) is 6.44. The van der Waals surface area contributed by atoms with E-state index >= 15 is 0 Å². The number of unbranched alkanes of at least 4 members (excludes halogenated alkanes) is 1. The summed E-state index contributed by atoms with van der Waals surface area (Å²) in [5.74, 6) is -0.816. The van der Waals surface area contributed by atoms with Crippen molar-refractivity contribution in [3.05, 3.63) is 94.0 Å². The van der Waals surface area contributed by atoms with E-state index in [9.17, 15) is 18.0 Å². The first-order valence-corrected chi connectivity index (χ1v) is 15.4. The van der Waals surface area contributed by atoms with Gasteiger partial charge in [-0.05, 0) is 55.7 Å². The van der Waals surface area contributed by atoms with Crippen LogP contribution in [0.5, 0.6) is 0 Å². The molecule has 3 rings (SSSR count). The lowest BCUT2D eigenvalue weighted by Crippen LogP contribution is -2.52. The van der Waals surface area contributed by atoms with Crippen molar-refractivity contribution in [2.75, 3.05) is 17.4 Å². The van der Waals surface area contributed by atoms with Gasteiger partial charge in [-0.2, -0.15) is 0 Å². The number of nitrogens with zero attached hydrogens (tertiary/aromatic N) is 2. The number of aryl methyl sites for hydroxylation is 1. The van der Waals surface area contributed by atoms with Crippen LogP contribution in [0.3, 0.4) is 0 Å². The van der Waals surface area contributed by atoms with E-state index in [1.165, 1.54) is 35.2 Å². The van der Waals surface area contributed by atoms with Gasteiger partial charge in [-0.3, -0.25) is 13.9 Å². The number of anilines is 1. The zero-order valence-electron chi connectivity index (χ0n) is 22.9. The van der Waals surface area contributed by atoms with E-state index in [-0.39, 0.29) is 28.1 Å². The molecule has 10 heteroatoms. The molecule has 0 bridgehead atoms. The molecule has 0 aliphatic rings. The molecule has 0 radical (unpaired) electrons. The number of benzene rings is 3. The average molecular weight is 605 g/mol. The molecule has 0 aromatic heterocycles. The van der Waals surface area contributed by atoms with Crippen LogP contribution in [0.4, 0.5) is 5.69 Å². The predicted molar refractivity (Wildman–Crippen MR) is 161 cm³/mol. The Morgan fingerprint density at radius 3 is 2.30 bits per heavy atom. The number of carbonyl (C=O) groups excluding carboxylic acids is 2. The van der Waals surface area contributed by atoms with Crippen molar-refractivity contribution < 1.29 is 18.0 Å². The third kappa shape index (κ3) is 7.99. The highest BCUT2D eigenvalue weighted by molar-refractivity contribution is 7.92. The molecule has 40 heavy (non-hydrogen) atoms. The summed E-state index contributed by atoms with van der Waals surface area (Å²) in [4.78, 5) is 28.8. The van der Waals surface area contributed by atoms with Gasteiger partial charge in [-0.25, -0.2) is 8.42 Å². The Labute approximate surface area is 247 Å². The number of sulfonamides is 1. The number of nitrogens with one attached hydrogen (secondary N) is 1. The van der Waals surface area contributed by atoms with E-state index in [2.05, 4.69) is 5.32 Å². The van der Waals surface area contributed by atoms with Crippen LogP contribution in [0.2, 0.25) is 10.0 Å². The highest BCUT2D eigenvalue weighted by Crippen LogP contribution is 2.33. The van der Waals surface area contributed by atoms with Crippen LogP contribution in [0.15, 0.2) is 77.7 Å². The number of hydrogen-bond acceptors (Lipinski definition) is 4. The molecule has 1 N–H and O–H groups in total. The summed E-state index contributed by atoms with van der Waals surface area (Å²) < 4.78 is 28.7. The number of hydrogen-bond donors (Lipinski definition) is 1. The van der Waals surface area contributed by atoms with E-state index in [4.69, 9.17) is 23.2 Å². The molecule has 214 valence electrons. The Morgan fingerprint density at radius 2 is 1.68 bits per heavy atom. The number of amides is 2. The number of rotatable bonds is 13. The Kier molecular flexibility index (Phi) is 11.4. The van der Waals surface area contributed by atoms with Gasteiger partial charge < -0.3 is 10.2 Å². The Morgan fingerprint density at radius 1 is 0.950 bits per heavy atom.